The molecular formula is C5H14IN3. The van der Waals surface area contributed by atoms with E-state index in [1.807, 2.05) is 0 Å². The Bertz CT molecular complexity index is 45.5. The van der Waals surface area contributed by atoms with Gasteiger partial charge in [-0.1, -0.05) is 22.6 Å². The Morgan fingerprint density at radius 1 is 1.11 bits per heavy atom. The zero-order valence-corrected chi connectivity index (χ0v) is 7.65. The normalized spacial score (nSPS) is 10.0. The lowest BCUT2D eigenvalue weighted by Crippen LogP contribution is -2.30. The van der Waals surface area contributed by atoms with E-state index in [0.29, 0.717) is 0 Å². The molecule has 0 aromatic rings. The number of hydrogen-bond donors (Lipinski definition) is 3. The van der Waals surface area contributed by atoms with Gasteiger partial charge in [0.05, 0.1) is 0 Å². The molecular weight excluding hydrogens is 229 g/mol. The summed E-state index contributed by atoms with van der Waals surface area (Å²) in [5, 5.41) is 6.37. The third-order valence-electron chi connectivity index (χ3n) is 0.894. The van der Waals surface area contributed by atoms with E-state index >= 15 is 0 Å². The molecule has 0 atom stereocenters. The van der Waals surface area contributed by atoms with Crippen molar-refractivity contribution in [2.75, 3.05) is 30.7 Å². The molecule has 0 aromatic carbocycles. The summed E-state index contributed by atoms with van der Waals surface area (Å²) >= 11 is 2.28. The first-order valence-electron chi connectivity index (χ1n) is 3.09. The largest absolute Gasteiger partial charge is 0.329 e. The molecule has 9 heavy (non-hydrogen) atoms. The van der Waals surface area contributed by atoms with Gasteiger partial charge in [-0.3, -0.25) is 0 Å². The molecule has 0 saturated carbocycles. The molecule has 0 amide bonds. The van der Waals surface area contributed by atoms with Crippen LogP contribution in [-0.2, 0) is 0 Å². The molecule has 0 aliphatic heterocycles. The molecule has 4 heteroatoms. The zero-order chi connectivity index (χ0) is 6.95. The predicted octanol–water partition coefficient (Wildman–Crippen LogP) is -0.483. The fraction of sp³-hybridized carbons (Fsp3) is 1.00. The Labute approximate surface area is 69.9 Å². The summed E-state index contributed by atoms with van der Waals surface area (Å²) in [5.41, 5.74) is 5.26. The highest BCUT2D eigenvalue weighted by Gasteiger charge is 1.82. The molecule has 0 spiro atoms. The highest BCUT2D eigenvalue weighted by molar-refractivity contribution is 14.1. The number of nitrogens with one attached hydrogen (secondary N) is 2. The van der Waals surface area contributed by atoms with Crippen LogP contribution in [0.2, 0.25) is 0 Å². The maximum Gasteiger partial charge on any atom is 0.0480 e. The van der Waals surface area contributed by atoms with Gasteiger partial charge in [0.2, 0.25) is 0 Å². The molecule has 0 unspecified atom stereocenters. The third kappa shape index (κ3) is 8.61. The summed E-state index contributed by atoms with van der Waals surface area (Å²) < 4.78 is 1.02. The molecule has 0 saturated heterocycles. The van der Waals surface area contributed by atoms with Crippen LogP contribution in [0.15, 0.2) is 0 Å². The van der Waals surface area contributed by atoms with Crippen molar-refractivity contribution >= 4 is 22.6 Å². The molecule has 3 nitrogen and oxygen atoms in total. The lowest BCUT2D eigenvalue weighted by molar-refractivity contribution is 0.652. The second-order valence-electron chi connectivity index (χ2n) is 1.67. The molecule has 0 aromatic heterocycles. The summed E-state index contributed by atoms with van der Waals surface area (Å²) in [6.07, 6.45) is 0. The maximum atomic E-state index is 5.26. The van der Waals surface area contributed by atoms with Gasteiger partial charge in [0.25, 0.3) is 0 Å². The number of rotatable bonds is 6. The first-order valence-corrected chi connectivity index (χ1v) is 4.62. The van der Waals surface area contributed by atoms with E-state index in [4.69, 9.17) is 5.73 Å². The average Bonchev–Trinajstić information content (AvgIpc) is 1.89. The van der Waals surface area contributed by atoms with Gasteiger partial charge < -0.3 is 16.4 Å². The molecule has 0 aliphatic rings. The van der Waals surface area contributed by atoms with Crippen molar-refractivity contribution in [1.82, 2.24) is 10.6 Å². The first kappa shape index (κ1) is 9.61. The average molecular weight is 243 g/mol. The Morgan fingerprint density at radius 3 is 2.33 bits per heavy atom. The molecule has 0 aliphatic carbocycles. The third-order valence-corrected chi connectivity index (χ3v) is 1.43. The summed E-state index contributed by atoms with van der Waals surface area (Å²) in [4.78, 5) is 0. The van der Waals surface area contributed by atoms with Crippen LogP contribution in [0.5, 0.6) is 0 Å². The molecule has 0 fully saturated rings. The van der Waals surface area contributed by atoms with Crippen molar-refractivity contribution in [1.29, 1.82) is 0 Å². The van der Waals surface area contributed by atoms with Crippen molar-refractivity contribution < 1.29 is 0 Å². The van der Waals surface area contributed by atoms with E-state index in [-0.39, 0.29) is 0 Å². The van der Waals surface area contributed by atoms with Gasteiger partial charge in [-0.05, 0) is 0 Å². The summed E-state index contributed by atoms with van der Waals surface area (Å²) in [7, 11) is 0. The van der Waals surface area contributed by atoms with Gasteiger partial charge in [0.1, 0.15) is 0 Å². The van der Waals surface area contributed by atoms with E-state index in [9.17, 15) is 0 Å². The van der Waals surface area contributed by atoms with Crippen LogP contribution in [0.3, 0.4) is 0 Å². The van der Waals surface area contributed by atoms with Crippen LogP contribution in [-0.4, -0.2) is 30.7 Å². The minimum Gasteiger partial charge on any atom is -0.329 e. The van der Waals surface area contributed by atoms with Gasteiger partial charge in [-0.2, -0.15) is 0 Å². The molecule has 56 valence electrons. The molecule has 0 bridgehead atoms. The van der Waals surface area contributed by atoms with E-state index in [0.717, 1.165) is 30.7 Å². The monoisotopic (exact) mass is 243 g/mol. The Balaban J connectivity index is 2.60. The number of alkyl halides is 1. The zero-order valence-electron chi connectivity index (χ0n) is 5.49. The topological polar surface area (TPSA) is 50.1 Å². The predicted molar refractivity (Wildman–Crippen MR) is 48.8 cm³/mol. The Morgan fingerprint density at radius 2 is 1.78 bits per heavy atom. The van der Waals surface area contributed by atoms with E-state index in [1.165, 1.54) is 0 Å². The van der Waals surface area contributed by atoms with Gasteiger partial charge in [0.15, 0.2) is 0 Å². The second-order valence-corrected chi connectivity index (χ2v) is 2.44. The second kappa shape index (κ2) is 8.61. The first-order chi connectivity index (χ1) is 4.41. The maximum absolute atomic E-state index is 5.26. The summed E-state index contributed by atoms with van der Waals surface area (Å²) in [5.74, 6) is 0. The van der Waals surface area contributed by atoms with Crippen molar-refractivity contribution in [3.63, 3.8) is 0 Å². The van der Waals surface area contributed by atoms with Crippen molar-refractivity contribution in [3.8, 4) is 0 Å². The minimum atomic E-state index is 0.726. The standard InChI is InChI=1S/C5H14IN3/c6-5-9-4-3-8-2-1-7/h8-9H,1-5,7H2. The lowest BCUT2D eigenvalue weighted by Gasteiger charge is -2.01. The van der Waals surface area contributed by atoms with Crippen LogP contribution in [0.4, 0.5) is 0 Å². The number of halogens is 1. The molecule has 0 radical (unpaired) electrons. The lowest BCUT2D eigenvalue weighted by atomic mass is 10.6. The van der Waals surface area contributed by atoms with E-state index in [2.05, 4.69) is 33.2 Å². The fourth-order valence-corrected chi connectivity index (χ4v) is 0.852. The van der Waals surface area contributed by atoms with Crippen molar-refractivity contribution in [2.24, 2.45) is 5.73 Å². The SMILES string of the molecule is NCCNCCNCI. The molecule has 4 N–H and O–H groups in total. The van der Waals surface area contributed by atoms with Gasteiger partial charge in [0, 0.05) is 30.7 Å². The smallest absolute Gasteiger partial charge is 0.0480 e. The fourth-order valence-electron chi connectivity index (χ4n) is 0.471. The quantitative estimate of drug-likeness (QED) is 0.255. The van der Waals surface area contributed by atoms with Crippen molar-refractivity contribution in [3.05, 3.63) is 0 Å². The van der Waals surface area contributed by atoms with Gasteiger partial charge >= 0.3 is 0 Å². The van der Waals surface area contributed by atoms with E-state index in [1.54, 1.807) is 0 Å². The summed E-state index contributed by atoms with van der Waals surface area (Å²) in [6.45, 7) is 3.69. The van der Waals surface area contributed by atoms with Crippen LogP contribution in [0.1, 0.15) is 0 Å². The van der Waals surface area contributed by atoms with Crippen LogP contribution < -0.4 is 16.4 Å². The van der Waals surface area contributed by atoms with Gasteiger partial charge in [-0.15, -0.1) is 0 Å². The van der Waals surface area contributed by atoms with Crippen LogP contribution in [0.25, 0.3) is 0 Å². The summed E-state index contributed by atoms with van der Waals surface area (Å²) in [6, 6.07) is 0. The molecule has 0 heterocycles. The van der Waals surface area contributed by atoms with Crippen molar-refractivity contribution in [2.45, 2.75) is 0 Å². The number of nitrogens with two attached hydrogens (primary N) is 1. The Hall–Kier alpha value is 0.610. The van der Waals surface area contributed by atoms with Crippen LogP contribution >= 0.6 is 22.6 Å². The Kier molecular flexibility index (Phi) is 9.19. The molecule has 0 rings (SSSR count). The van der Waals surface area contributed by atoms with Crippen LogP contribution in [0, 0.1) is 0 Å². The highest BCUT2D eigenvalue weighted by Crippen LogP contribution is 1.70. The highest BCUT2D eigenvalue weighted by atomic mass is 127. The minimum absolute atomic E-state index is 0.726. The van der Waals surface area contributed by atoms with E-state index < -0.39 is 0 Å². The van der Waals surface area contributed by atoms with Gasteiger partial charge in [-0.25, -0.2) is 0 Å². The number of hydrogen-bond acceptors (Lipinski definition) is 3.